The predicted octanol–water partition coefficient (Wildman–Crippen LogP) is 1.11. The molecule has 2 aromatic rings. The number of nitrogens with zero attached hydrogens (tertiary/aromatic N) is 2. The van der Waals surface area contributed by atoms with E-state index < -0.39 is 11.9 Å². The Balaban J connectivity index is 1.34. The predicted molar refractivity (Wildman–Crippen MR) is 122 cm³/mol. The van der Waals surface area contributed by atoms with Crippen molar-refractivity contribution < 1.29 is 19.2 Å². The van der Waals surface area contributed by atoms with E-state index >= 15 is 0 Å². The van der Waals surface area contributed by atoms with Gasteiger partial charge in [0, 0.05) is 50.3 Å². The number of benzene rings is 2. The van der Waals surface area contributed by atoms with Crippen LogP contribution >= 0.6 is 0 Å². The van der Waals surface area contributed by atoms with Crippen LogP contribution in [0.4, 0.5) is 11.4 Å². The number of amides is 4. The molecule has 2 saturated heterocycles. The zero-order valence-electron chi connectivity index (χ0n) is 18.1. The summed E-state index contributed by atoms with van der Waals surface area (Å²) < 4.78 is 0. The van der Waals surface area contributed by atoms with E-state index in [-0.39, 0.29) is 30.7 Å². The summed E-state index contributed by atoms with van der Waals surface area (Å²) in [7, 11) is 0. The van der Waals surface area contributed by atoms with E-state index in [0.717, 1.165) is 43.1 Å². The molecule has 33 heavy (non-hydrogen) atoms. The molecule has 9 nitrogen and oxygen atoms in total. The zero-order chi connectivity index (χ0) is 22.9. The quantitative estimate of drug-likeness (QED) is 0.606. The van der Waals surface area contributed by atoms with Crippen molar-refractivity contribution in [3.05, 3.63) is 59.2 Å². The molecule has 4 amide bonds. The number of piperazine rings is 1. The number of fused-ring (bicyclic) bond motifs is 1. The molecule has 2 aromatic carbocycles. The van der Waals surface area contributed by atoms with E-state index in [0.29, 0.717) is 17.5 Å². The van der Waals surface area contributed by atoms with Gasteiger partial charge in [0.1, 0.15) is 6.04 Å². The Labute approximate surface area is 191 Å². The third kappa shape index (κ3) is 4.07. The minimum absolute atomic E-state index is 0.205. The molecule has 9 heteroatoms. The minimum atomic E-state index is -0.675. The van der Waals surface area contributed by atoms with E-state index in [9.17, 15) is 19.2 Å². The smallest absolute Gasteiger partial charge is 0.255 e. The third-order valence-electron chi connectivity index (χ3n) is 6.40. The van der Waals surface area contributed by atoms with E-state index in [4.69, 9.17) is 0 Å². The lowest BCUT2D eigenvalue weighted by atomic mass is 10.0. The van der Waals surface area contributed by atoms with Gasteiger partial charge < -0.3 is 20.4 Å². The molecule has 3 heterocycles. The lowest BCUT2D eigenvalue weighted by Crippen LogP contribution is -2.52. The van der Waals surface area contributed by atoms with Gasteiger partial charge in [0.15, 0.2) is 0 Å². The Morgan fingerprint density at radius 1 is 1.03 bits per heavy atom. The molecular weight excluding hydrogens is 422 g/mol. The van der Waals surface area contributed by atoms with Gasteiger partial charge in [0.2, 0.25) is 11.8 Å². The molecule has 0 saturated carbocycles. The van der Waals surface area contributed by atoms with Gasteiger partial charge in [-0.15, -0.1) is 0 Å². The normalized spacial score (nSPS) is 20.5. The van der Waals surface area contributed by atoms with Gasteiger partial charge in [0.25, 0.3) is 11.8 Å². The number of carbonyl (C=O) groups excluding carboxylic acids is 4. The number of anilines is 2. The average molecular weight is 447 g/mol. The summed E-state index contributed by atoms with van der Waals surface area (Å²) >= 11 is 0. The highest BCUT2D eigenvalue weighted by Crippen LogP contribution is 2.30. The number of para-hydroxylation sites is 2. The number of nitrogens with one attached hydrogen (secondary N) is 3. The van der Waals surface area contributed by atoms with Gasteiger partial charge in [-0.3, -0.25) is 24.5 Å². The maximum absolute atomic E-state index is 13.1. The number of hydrogen-bond donors (Lipinski definition) is 3. The number of rotatable bonds is 4. The second-order valence-electron chi connectivity index (χ2n) is 8.48. The second kappa shape index (κ2) is 8.67. The lowest BCUT2D eigenvalue weighted by molar-refractivity contribution is -0.136. The molecule has 0 radical (unpaired) electrons. The fraction of sp³-hybridized carbons (Fsp3) is 0.333. The van der Waals surface area contributed by atoms with Crippen LogP contribution < -0.4 is 20.9 Å². The fourth-order valence-corrected chi connectivity index (χ4v) is 4.65. The second-order valence-corrected chi connectivity index (χ2v) is 8.48. The summed E-state index contributed by atoms with van der Waals surface area (Å²) in [6, 6.07) is 12.1. The SMILES string of the molecule is O=C1CCC(N2Cc3ccc(C(=O)Nc4ccccc4N4CCNCC4)cc3C2=O)C(=O)N1. The van der Waals surface area contributed by atoms with E-state index in [2.05, 4.69) is 20.9 Å². The fourth-order valence-electron chi connectivity index (χ4n) is 4.65. The van der Waals surface area contributed by atoms with Gasteiger partial charge in [-0.25, -0.2) is 0 Å². The van der Waals surface area contributed by atoms with Crippen LogP contribution in [0.25, 0.3) is 0 Å². The highest BCUT2D eigenvalue weighted by Gasteiger charge is 2.39. The third-order valence-corrected chi connectivity index (χ3v) is 6.40. The maximum Gasteiger partial charge on any atom is 0.255 e. The number of imide groups is 1. The summed E-state index contributed by atoms with van der Waals surface area (Å²) in [4.78, 5) is 53.5. The van der Waals surface area contributed by atoms with Crippen molar-refractivity contribution in [3.63, 3.8) is 0 Å². The number of piperidine rings is 1. The van der Waals surface area contributed by atoms with Crippen LogP contribution in [-0.4, -0.2) is 60.7 Å². The summed E-state index contributed by atoms with van der Waals surface area (Å²) in [5.74, 6) is -1.36. The average Bonchev–Trinajstić information content (AvgIpc) is 3.15. The molecule has 1 atom stereocenters. The molecule has 0 bridgehead atoms. The Morgan fingerprint density at radius 2 is 1.82 bits per heavy atom. The van der Waals surface area contributed by atoms with E-state index in [1.807, 2.05) is 24.3 Å². The van der Waals surface area contributed by atoms with Gasteiger partial charge in [-0.05, 0) is 36.2 Å². The molecular formula is C24H25N5O4. The van der Waals surface area contributed by atoms with Gasteiger partial charge >= 0.3 is 0 Å². The van der Waals surface area contributed by atoms with Crippen molar-refractivity contribution in [1.29, 1.82) is 0 Å². The van der Waals surface area contributed by atoms with Crippen molar-refractivity contribution in [2.45, 2.75) is 25.4 Å². The van der Waals surface area contributed by atoms with Crippen molar-refractivity contribution in [3.8, 4) is 0 Å². The first kappa shape index (κ1) is 21.1. The topological polar surface area (TPSA) is 111 Å². The highest BCUT2D eigenvalue weighted by atomic mass is 16.2. The first-order valence-electron chi connectivity index (χ1n) is 11.1. The van der Waals surface area contributed by atoms with Gasteiger partial charge in [-0.2, -0.15) is 0 Å². The largest absolute Gasteiger partial charge is 0.367 e. The first-order chi connectivity index (χ1) is 16.0. The van der Waals surface area contributed by atoms with Crippen LogP contribution in [0.3, 0.4) is 0 Å². The lowest BCUT2D eigenvalue weighted by Gasteiger charge is -2.31. The van der Waals surface area contributed by atoms with Crippen molar-refractivity contribution >= 4 is 35.0 Å². The molecule has 170 valence electrons. The Bertz CT molecular complexity index is 1140. The molecule has 3 N–H and O–H groups in total. The van der Waals surface area contributed by atoms with Crippen LogP contribution in [0.1, 0.15) is 39.1 Å². The van der Waals surface area contributed by atoms with Crippen molar-refractivity contribution in [2.24, 2.45) is 0 Å². The summed E-state index contributed by atoms with van der Waals surface area (Å²) in [5.41, 5.74) is 3.25. The van der Waals surface area contributed by atoms with Gasteiger partial charge in [-0.1, -0.05) is 18.2 Å². The molecule has 0 spiro atoms. The molecule has 0 aromatic heterocycles. The summed E-state index contributed by atoms with van der Waals surface area (Å²) in [6.07, 6.45) is 0.511. The molecule has 3 aliphatic heterocycles. The summed E-state index contributed by atoms with van der Waals surface area (Å²) in [5, 5.41) is 8.61. The van der Waals surface area contributed by atoms with Crippen LogP contribution in [0.15, 0.2) is 42.5 Å². The van der Waals surface area contributed by atoms with Crippen LogP contribution in [0, 0.1) is 0 Å². The Kier molecular flexibility index (Phi) is 5.55. The van der Waals surface area contributed by atoms with Crippen molar-refractivity contribution in [1.82, 2.24) is 15.5 Å². The molecule has 5 rings (SSSR count). The monoisotopic (exact) mass is 447 g/mol. The van der Waals surface area contributed by atoms with Crippen LogP contribution in [-0.2, 0) is 16.1 Å². The Morgan fingerprint density at radius 3 is 2.61 bits per heavy atom. The van der Waals surface area contributed by atoms with Crippen LogP contribution in [0.2, 0.25) is 0 Å². The molecule has 2 fully saturated rings. The first-order valence-corrected chi connectivity index (χ1v) is 11.1. The minimum Gasteiger partial charge on any atom is -0.367 e. The van der Waals surface area contributed by atoms with E-state index in [1.54, 1.807) is 18.2 Å². The maximum atomic E-state index is 13.1. The van der Waals surface area contributed by atoms with Crippen molar-refractivity contribution in [2.75, 3.05) is 36.4 Å². The molecule has 1 unspecified atom stereocenters. The summed E-state index contributed by atoms with van der Waals surface area (Å²) in [6.45, 7) is 3.78. The Hall–Kier alpha value is -3.72. The number of hydrogen-bond acceptors (Lipinski definition) is 6. The van der Waals surface area contributed by atoms with Crippen LogP contribution in [0.5, 0.6) is 0 Å². The molecule has 3 aliphatic rings. The zero-order valence-corrected chi connectivity index (χ0v) is 18.1. The molecule has 0 aliphatic carbocycles. The van der Waals surface area contributed by atoms with E-state index in [1.165, 1.54) is 4.90 Å². The standard InChI is InChI=1S/C24H25N5O4/c30-21-8-7-20(23(32)27-21)29-14-16-6-5-15(13-17(16)24(29)33)22(31)26-18-3-1-2-4-19(18)28-11-9-25-10-12-28/h1-6,13,20,25H,7-12,14H2,(H,26,31)(H,27,30,32). The number of carbonyl (C=O) groups is 4. The van der Waals surface area contributed by atoms with Gasteiger partial charge in [0.05, 0.1) is 11.4 Å². The highest BCUT2D eigenvalue weighted by molar-refractivity contribution is 6.09.